The fraction of sp³-hybridized carbons (Fsp3) is 0.462. The molecule has 1 amide bonds. The van der Waals surface area contributed by atoms with Crippen molar-refractivity contribution in [1.82, 2.24) is 14.8 Å². The van der Waals surface area contributed by atoms with Crippen LogP contribution in [-0.4, -0.2) is 66.5 Å². The normalized spacial score (nSPS) is 16.2. The molecule has 2 rings (SSSR count). The highest BCUT2D eigenvalue weighted by Gasteiger charge is 2.20. The Labute approximate surface area is 112 Å². The van der Waals surface area contributed by atoms with Gasteiger partial charge < -0.3 is 14.5 Å². The number of esters is 1. The highest BCUT2D eigenvalue weighted by Crippen LogP contribution is 2.01. The number of carbonyl (C=O) groups excluding carboxylic acids is 2. The second-order valence-corrected chi connectivity index (χ2v) is 4.48. The van der Waals surface area contributed by atoms with Crippen molar-refractivity contribution in [3.8, 4) is 0 Å². The van der Waals surface area contributed by atoms with Crippen LogP contribution in [0.15, 0.2) is 24.4 Å². The number of hydrogen-bond acceptors (Lipinski definition) is 5. The lowest BCUT2D eigenvalue weighted by Crippen LogP contribution is -2.48. The summed E-state index contributed by atoms with van der Waals surface area (Å²) in [4.78, 5) is 31.2. The van der Waals surface area contributed by atoms with E-state index in [9.17, 15) is 9.59 Å². The maximum absolute atomic E-state index is 11.9. The van der Waals surface area contributed by atoms with E-state index in [1.165, 1.54) is 6.20 Å². The van der Waals surface area contributed by atoms with Crippen molar-refractivity contribution in [2.24, 2.45) is 0 Å². The van der Waals surface area contributed by atoms with Gasteiger partial charge in [-0.1, -0.05) is 6.07 Å². The molecule has 1 fully saturated rings. The standard InChI is InChI=1S/C13H17N3O3/c1-15-6-8-16(9-7-15)12(17)10-19-13(18)11-4-2-3-5-14-11/h2-5H,6-10H2,1H3. The number of piperazine rings is 1. The largest absolute Gasteiger partial charge is 0.451 e. The van der Waals surface area contributed by atoms with Crippen LogP contribution in [0, 0.1) is 0 Å². The van der Waals surface area contributed by atoms with Crippen LogP contribution in [0.25, 0.3) is 0 Å². The molecule has 1 aromatic heterocycles. The van der Waals surface area contributed by atoms with Crippen LogP contribution in [0.4, 0.5) is 0 Å². The van der Waals surface area contributed by atoms with Gasteiger partial charge in [0.15, 0.2) is 6.61 Å². The SMILES string of the molecule is CN1CCN(C(=O)COC(=O)c2ccccn2)CC1. The minimum absolute atomic E-state index is 0.155. The molecule has 0 spiro atoms. The van der Waals surface area contributed by atoms with E-state index in [1.807, 2.05) is 7.05 Å². The van der Waals surface area contributed by atoms with Gasteiger partial charge >= 0.3 is 5.97 Å². The van der Waals surface area contributed by atoms with Crippen molar-refractivity contribution in [1.29, 1.82) is 0 Å². The van der Waals surface area contributed by atoms with Crippen LogP contribution < -0.4 is 0 Å². The van der Waals surface area contributed by atoms with Gasteiger partial charge in [-0.05, 0) is 19.2 Å². The molecule has 0 unspecified atom stereocenters. The average Bonchev–Trinajstić information content (AvgIpc) is 2.46. The molecule has 19 heavy (non-hydrogen) atoms. The van der Waals surface area contributed by atoms with E-state index in [0.29, 0.717) is 13.1 Å². The van der Waals surface area contributed by atoms with E-state index in [4.69, 9.17) is 4.74 Å². The zero-order valence-corrected chi connectivity index (χ0v) is 10.9. The molecule has 0 bridgehead atoms. The first-order valence-corrected chi connectivity index (χ1v) is 6.21. The highest BCUT2D eigenvalue weighted by molar-refractivity contribution is 5.89. The Kier molecular flexibility index (Phi) is 4.46. The maximum atomic E-state index is 11.9. The van der Waals surface area contributed by atoms with E-state index in [1.54, 1.807) is 23.1 Å². The molecule has 6 heteroatoms. The van der Waals surface area contributed by atoms with Crippen molar-refractivity contribution in [2.45, 2.75) is 0 Å². The van der Waals surface area contributed by atoms with Gasteiger partial charge in [-0.25, -0.2) is 9.78 Å². The van der Waals surface area contributed by atoms with Gasteiger partial charge in [-0.2, -0.15) is 0 Å². The second kappa shape index (κ2) is 6.29. The molecule has 0 aromatic carbocycles. The zero-order chi connectivity index (χ0) is 13.7. The summed E-state index contributed by atoms with van der Waals surface area (Å²) < 4.78 is 4.96. The van der Waals surface area contributed by atoms with Crippen LogP contribution in [0.1, 0.15) is 10.5 Å². The van der Waals surface area contributed by atoms with Crippen molar-refractivity contribution in [2.75, 3.05) is 39.8 Å². The molecule has 0 aliphatic carbocycles. The Hall–Kier alpha value is -1.95. The van der Waals surface area contributed by atoms with Crippen LogP contribution in [0.3, 0.4) is 0 Å². The lowest BCUT2D eigenvalue weighted by Gasteiger charge is -2.32. The molecule has 6 nitrogen and oxygen atoms in total. The summed E-state index contributed by atoms with van der Waals surface area (Å²) in [6, 6.07) is 4.97. The molecule has 1 aliphatic rings. The molecule has 1 saturated heterocycles. The van der Waals surface area contributed by atoms with Crippen LogP contribution in [0.5, 0.6) is 0 Å². The third-order valence-corrected chi connectivity index (χ3v) is 3.06. The summed E-state index contributed by atoms with van der Waals surface area (Å²) in [6.45, 7) is 2.83. The zero-order valence-electron chi connectivity index (χ0n) is 10.9. The minimum atomic E-state index is -0.567. The van der Waals surface area contributed by atoms with E-state index >= 15 is 0 Å². The van der Waals surface area contributed by atoms with Crippen LogP contribution in [0.2, 0.25) is 0 Å². The Morgan fingerprint density at radius 1 is 1.26 bits per heavy atom. The number of ether oxygens (including phenoxy) is 1. The van der Waals surface area contributed by atoms with E-state index in [0.717, 1.165) is 13.1 Å². The topological polar surface area (TPSA) is 62.7 Å². The fourth-order valence-corrected chi connectivity index (χ4v) is 1.83. The first-order valence-electron chi connectivity index (χ1n) is 6.21. The Balaban J connectivity index is 1.79. The molecule has 0 N–H and O–H groups in total. The highest BCUT2D eigenvalue weighted by atomic mass is 16.5. The van der Waals surface area contributed by atoms with Gasteiger partial charge in [0.25, 0.3) is 5.91 Å². The number of aromatic nitrogens is 1. The predicted molar refractivity (Wildman–Crippen MR) is 68.6 cm³/mol. The van der Waals surface area contributed by atoms with E-state index in [-0.39, 0.29) is 18.2 Å². The fourth-order valence-electron chi connectivity index (χ4n) is 1.83. The number of carbonyl (C=O) groups is 2. The lowest BCUT2D eigenvalue weighted by molar-refractivity contribution is -0.136. The molecular weight excluding hydrogens is 246 g/mol. The average molecular weight is 263 g/mol. The molecule has 102 valence electrons. The van der Waals surface area contributed by atoms with Crippen molar-refractivity contribution >= 4 is 11.9 Å². The van der Waals surface area contributed by atoms with Crippen LogP contribution in [-0.2, 0) is 9.53 Å². The van der Waals surface area contributed by atoms with Gasteiger partial charge in [0.2, 0.25) is 0 Å². The van der Waals surface area contributed by atoms with Gasteiger partial charge in [-0.3, -0.25) is 4.79 Å². The summed E-state index contributed by atoms with van der Waals surface area (Å²) in [5.41, 5.74) is 0.216. The molecule has 1 aliphatic heterocycles. The Morgan fingerprint density at radius 2 is 2.00 bits per heavy atom. The van der Waals surface area contributed by atoms with Crippen molar-refractivity contribution in [3.05, 3.63) is 30.1 Å². The summed E-state index contributed by atoms with van der Waals surface area (Å²) in [7, 11) is 2.02. The molecular formula is C13H17N3O3. The summed E-state index contributed by atoms with van der Waals surface area (Å²) in [6.07, 6.45) is 1.51. The number of amides is 1. The van der Waals surface area contributed by atoms with E-state index in [2.05, 4.69) is 9.88 Å². The Bertz CT molecular complexity index is 442. The number of rotatable bonds is 3. The monoisotopic (exact) mass is 263 g/mol. The first kappa shape index (κ1) is 13.5. The summed E-state index contributed by atoms with van der Waals surface area (Å²) in [5.74, 6) is -0.722. The first-order chi connectivity index (χ1) is 9.16. The quantitative estimate of drug-likeness (QED) is 0.719. The summed E-state index contributed by atoms with van der Waals surface area (Å²) in [5, 5.41) is 0. The molecule has 0 atom stereocenters. The number of pyridine rings is 1. The van der Waals surface area contributed by atoms with Gasteiger partial charge in [0.1, 0.15) is 5.69 Å². The number of hydrogen-bond donors (Lipinski definition) is 0. The molecule has 2 heterocycles. The minimum Gasteiger partial charge on any atom is -0.451 e. The van der Waals surface area contributed by atoms with Crippen molar-refractivity contribution in [3.63, 3.8) is 0 Å². The van der Waals surface area contributed by atoms with Crippen LogP contribution >= 0.6 is 0 Å². The van der Waals surface area contributed by atoms with E-state index < -0.39 is 5.97 Å². The second-order valence-electron chi connectivity index (χ2n) is 4.48. The number of likely N-dealkylation sites (N-methyl/N-ethyl adjacent to an activating group) is 1. The Morgan fingerprint density at radius 3 is 2.63 bits per heavy atom. The molecule has 1 aromatic rings. The van der Waals surface area contributed by atoms with Crippen molar-refractivity contribution < 1.29 is 14.3 Å². The van der Waals surface area contributed by atoms with Gasteiger partial charge in [0, 0.05) is 32.4 Å². The number of nitrogens with zero attached hydrogens (tertiary/aromatic N) is 3. The third-order valence-electron chi connectivity index (χ3n) is 3.06. The summed E-state index contributed by atoms with van der Waals surface area (Å²) >= 11 is 0. The van der Waals surface area contributed by atoms with Gasteiger partial charge in [-0.15, -0.1) is 0 Å². The smallest absolute Gasteiger partial charge is 0.357 e. The lowest BCUT2D eigenvalue weighted by atomic mass is 10.3. The molecule has 0 saturated carbocycles. The maximum Gasteiger partial charge on any atom is 0.357 e. The third kappa shape index (κ3) is 3.75. The molecule has 0 radical (unpaired) electrons. The predicted octanol–water partition coefficient (Wildman–Crippen LogP) is 0.0124. The van der Waals surface area contributed by atoms with Gasteiger partial charge in [0.05, 0.1) is 0 Å².